The Kier molecular flexibility index (Phi) is 5.12. The summed E-state index contributed by atoms with van der Waals surface area (Å²) < 4.78 is 5.52. The van der Waals surface area contributed by atoms with Gasteiger partial charge in [-0.15, -0.1) is 0 Å². The highest BCUT2D eigenvalue weighted by Gasteiger charge is 2.34. The van der Waals surface area contributed by atoms with E-state index in [-0.39, 0.29) is 12.1 Å². The summed E-state index contributed by atoms with van der Waals surface area (Å²) >= 11 is 0. The van der Waals surface area contributed by atoms with E-state index in [1.165, 1.54) is 0 Å². The number of aromatic nitrogens is 2. The number of benzene rings is 1. The fraction of sp³-hybridized carbons (Fsp3) is 0.400. The molecule has 1 aliphatic heterocycles. The first kappa shape index (κ1) is 18.8. The Labute approximate surface area is 158 Å². The van der Waals surface area contributed by atoms with Gasteiger partial charge in [0, 0.05) is 17.7 Å². The Balaban J connectivity index is 1.87. The number of hydrogen-bond acceptors (Lipinski definition) is 5. The van der Waals surface area contributed by atoms with Gasteiger partial charge in [0.15, 0.2) is 0 Å². The van der Waals surface area contributed by atoms with Gasteiger partial charge in [0.05, 0.1) is 29.8 Å². The number of amides is 2. The second kappa shape index (κ2) is 7.34. The maximum absolute atomic E-state index is 12.5. The molecule has 1 aromatic carbocycles. The van der Waals surface area contributed by atoms with Gasteiger partial charge in [0.25, 0.3) is 0 Å². The average molecular weight is 368 g/mol. The molecule has 3 rings (SSSR count). The standard InChI is InChI=1S/C20H24N4O3/c1-20(2,3)27-19(26)24-9-5-8-17(24)16-12-22-11-15(23-16)13-6-4-7-14(10-13)18(21)25/h4,6-7,10-12,17H,5,8-9H2,1-3H3,(H2,21,25). The van der Waals surface area contributed by atoms with Gasteiger partial charge in [-0.05, 0) is 45.7 Å². The van der Waals surface area contributed by atoms with Crippen molar-refractivity contribution in [2.75, 3.05) is 6.54 Å². The summed E-state index contributed by atoms with van der Waals surface area (Å²) in [7, 11) is 0. The van der Waals surface area contributed by atoms with Gasteiger partial charge >= 0.3 is 6.09 Å². The van der Waals surface area contributed by atoms with E-state index in [1.807, 2.05) is 26.8 Å². The zero-order chi connectivity index (χ0) is 19.6. The Morgan fingerprint density at radius 3 is 2.74 bits per heavy atom. The lowest BCUT2D eigenvalue weighted by Crippen LogP contribution is -2.36. The first-order chi connectivity index (χ1) is 12.7. The topological polar surface area (TPSA) is 98.4 Å². The third kappa shape index (κ3) is 4.42. The Hall–Kier alpha value is -2.96. The number of primary amides is 1. The van der Waals surface area contributed by atoms with Crippen molar-refractivity contribution in [1.82, 2.24) is 14.9 Å². The van der Waals surface area contributed by atoms with E-state index in [2.05, 4.69) is 4.98 Å². The molecule has 1 aromatic heterocycles. The first-order valence-electron chi connectivity index (χ1n) is 8.96. The molecule has 1 fully saturated rings. The van der Waals surface area contributed by atoms with Crippen molar-refractivity contribution in [1.29, 1.82) is 0 Å². The van der Waals surface area contributed by atoms with E-state index in [0.29, 0.717) is 23.5 Å². The molecule has 7 nitrogen and oxygen atoms in total. The van der Waals surface area contributed by atoms with E-state index in [1.54, 1.807) is 35.5 Å². The SMILES string of the molecule is CC(C)(C)OC(=O)N1CCCC1c1cncc(-c2cccc(C(N)=O)c2)n1. The molecule has 2 N–H and O–H groups in total. The number of likely N-dealkylation sites (tertiary alicyclic amines) is 1. The van der Waals surface area contributed by atoms with Crippen LogP contribution in [-0.4, -0.2) is 39.0 Å². The van der Waals surface area contributed by atoms with E-state index in [0.717, 1.165) is 18.4 Å². The molecule has 7 heteroatoms. The van der Waals surface area contributed by atoms with E-state index < -0.39 is 11.5 Å². The first-order valence-corrected chi connectivity index (χ1v) is 8.96. The van der Waals surface area contributed by atoms with Gasteiger partial charge < -0.3 is 10.5 Å². The molecule has 27 heavy (non-hydrogen) atoms. The third-order valence-electron chi connectivity index (χ3n) is 4.32. The highest BCUT2D eigenvalue weighted by Crippen LogP contribution is 2.32. The van der Waals surface area contributed by atoms with Crippen molar-refractivity contribution in [2.24, 2.45) is 5.73 Å². The van der Waals surface area contributed by atoms with Crippen LogP contribution in [0.15, 0.2) is 36.7 Å². The van der Waals surface area contributed by atoms with Crippen LogP contribution in [0.2, 0.25) is 0 Å². The highest BCUT2D eigenvalue weighted by atomic mass is 16.6. The molecule has 1 aliphatic rings. The molecule has 0 spiro atoms. The van der Waals surface area contributed by atoms with Gasteiger partial charge in [0.1, 0.15) is 5.60 Å². The number of rotatable bonds is 3. The normalized spacial score (nSPS) is 17.0. The molecular weight excluding hydrogens is 344 g/mol. The predicted molar refractivity (Wildman–Crippen MR) is 101 cm³/mol. The lowest BCUT2D eigenvalue weighted by molar-refractivity contribution is 0.0221. The fourth-order valence-corrected chi connectivity index (χ4v) is 3.13. The quantitative estimate of drug-likeness (QED) is 0.896. The number of ether oxygens (including phenoxy) is 1. The van der Waals surface area contributed by atoms with Crippen molar-refractivity contribution >= 4 is 12.0 Å². The summed E-state index contributed by atoms with van der Waals surface area (Å²) in [4.78, 5) is 34.6. The zero-order valence-corrected chi connectivity index (χ0v) is 15.8. The lowest BCUT2D eigenvalue weighted by atomic mass is 10.1. The van der Waals surface area contributed by atoms with E-state index in [4.69, 9.17) is 15.5 Å². The van der Waals surface area contributed by atoms with Crippen LogP contribution in [0.1, 0.15) is 55.7 Å². The van der Waals surface area contributed by atoms with Crippen LogP contribution < -0.4 is 5.73 Å². The third-order valence-corrected chi connectivity index (χ3v) is 4.32. The van der Waals surface area contributed by atoms with E-state index >= 15 is 0 Å². The average Bonchev–Trinajstić information content (AvgIpc) is 3.10. The van der Waals surface area contributed by atoms with Crippen LogP contribution in [0.3, 0.4) is 0 Å². The molecule has 0 radical (unpaired) electrons. The lowest BCUT2D eigenvalue weighted by Gasteiger charge is -2.28. The van der Waals surface area contributed by atoms with Gasteiger partial charge in [-0.1, -0.05) is 12.1 Å². The molecule has 2 heterocycles. The van der Waals surface area contributed by atoms with Crippen molar-refractivity contribution in [3.05, 3.63) is 47.9 Å². The highest BCUT2D eigenvalue weighted by molar-refractivity contribution is 5.93. The molecule has 1 atom stereocenters. The number of nitrogens with zero attached hydrogens (tertiary/aromatic N) is 3. The van der Waals surface area contributed by atoms with Gasteiger partial charge in [0.2, 0.25) is 5.91 Å². The van der Waals surface area contributed by atoms with Gasteiger partial charge in [-0.25, -0.2) is 9.78 Å². The number of carbonyl (C=O) groups excluding carboxylic acids is 2. The Bertz CT molecular complexity index is 860. The van der Waals surface area contributed by atoms with Crippen LogP contribution >= 0.6 is 0 Å². The molecule has 2 amide bonds. The fourth-order valence-electron chi connectivity index (χ4n) is 3.13. The summed E-state index contributed by atoms with van der Waals surface area (Å²) in [6, 6.07) is 6.78. The summed E-state index contributed by atoms with van der Waals surface area (Å²) in [5.74, 6) is -0.493. The molecule has 0 bridgehead atoms. The molecule has 142 valence electrons. The summed E-state index contributed by atoms with van der Waals surface area (Å²) in [6.45, 7) is 6.18. The van der Waals surface area contributed by atoms with E-state index in [9.17, 15) is 9.59 Å². The minimum Gasteiger partial charge on any atom is -0.444 e. The van der Waals surface area contributed by atoms with Crippen LogP contribution in [0.5, 0.6) is 0 Å². The van der Waals surface area contributed by atoms with Crippen molar-refractivity contribution in [3.8, 4) is 11.3 Å². The monoisotopic (exact) mass is 368 g/mol. The summed E-state index contributed by atoms with van der Waals surface area (Å²) in [5.41, 5.74) is 7.32. The van der Waals surface area contributed by atoms with Gasteiger partial charge in [-0.2, -0.15) is 0 Å². The largest absolute Gasteiger partial charge is 0.444 e. The molecule has 1 saturated heterocycles. The maximum atomic E-state index is 12.5. The van der Waals surface area contributed by atoms with Crippen molar-refractivity contribution in [2.45, 2.75) is 45.3 Å². The molecule has 2 aromatic rings. The second-order valence-corrected chi connectivity index (χ2v) is 7.61. The van der Waals surface area contributed by atoms with Crippen LogP contribution in [-0.2, 0) is 4.74 Å². The Morgan fingerprint density at radius 2 is 2.04 bits per heavy atom. The maximum Gasteiger partial charge on any atom is 0.410 e. The van der Waals surface area contributed by atoms with Crippen molar-refractivity contribution in [3.63, 3.8) is 0 Å². The minimum atomic E-state index is -0.549. The molecule has 0 saturated carbocycles. The molecular formula is C20H24N4O3. The van der Waals surface area contributed by atoms with Gasteiger partial charge in [-0.3, -0.25) is 14.7 Å². The summed E-state index contributed by atoms with van der Waals surface area (Å²) in [5, 5.41) is 0. The smallest absolute Gasteiger partial charge is 0.410 e. The minimum absolute atomic E-state index is 0.174. The molecule has 1 unspecified atom stereocenters. The number of carbonyl (C=O) groups is 2. The van der Waals surface area contributed by atoms with Crippen LogP contribution in [0, 0.1) is 0 Å². The van der Waals surface area contributed by atoms with Crippen LogP contribution in [0.25, 0.3) is 11.3 Å². The molecule has 0 aliphatic carbocycles. The number of nitrogens with two attached hydrogens (primary N) is 1. The van der Waals surface area contributed by atoms with Crippen molar-refractivity contribution < 1.29 is 14.3 Å². The zero-order valence-electron chi connectivity index (χ0n) is 15.8. The Morgan fingerprint density at radius 1 is 1.26 bits per heavy atom. The predicted octanol–water partition coefficient (Wildman–Crippen LogP) is 3.31. The summed E-state index contributed by atoms with van der Waals surface area (Å²) in [6.07, 6.45) is 4.66. The number of hydrogen-bond donors (Lipinski definition) is 1. The van der Waals surface area contributed by atoms with Crippen LogP contribution in [0.4, 0.5) is 4.79 Å². The second-order valence-electron chi connectivity index (χ2n) is 7.61.